The molecule has 0 saturated carbocycles. The number of carbonyl (C=O) groups is 1. The van der Waals surface area contributed by atoms with Gasteiger partial charge in [0, 0.05) is 16.9 Å². The lowest BCUT2D eigenvalue weighted by atomic mass is 10.0. The summed E-state index contributed by atoms with van der Waals surface area (Å²) in [6.45, 7) is 2.09. The molecule has 2 rings (SSSR count). The van der Waals surface area contributed by atoms with Gasteiger partial charge in [-0.3, -0.25) is 0 Å². The first kappa shape index (κ1) is 10.2. The van der Waals surface area contributed by atoms with E-state index in [0.717, 1.165) is 18.4 Å². The molecule has 3 heteroatoms. The quantitative estimate of drug-likeness (QED) is 0.669. The van der Waals surface area contributed by atoms with Crippen molar-refractivity contribution in [3.63, 3.8) is 0 Å². The van der Waals surface area contributed by atoms with Crippen molar-refractivity contribution in [1.82, 2.24) is 4.90 Å². The van der Waals surface area contributed by atoms with Gasteiger partial charge in [-0.2, -0.15) is 0 Å². The third-order valence-electron chi connectivity index (χ3n) is 2.61. The van der Waals surface area contributed by atoms with E-state index in [9.17, 15) is 4.79 Å². The molecule has 2 nitrogen and oxygen atoms in total. The van der Waals surface area contributed by atoms with Crippen LogP contribution in [0.2, 0.25) is 0 Å². The predicted molar refractivity (Wildman–Crippen MR) is 61.2 cm³/mol. The molecule has 0 aromatic rings. The molecule has 2 aliphatic rings. The zero-order valence-corrected chi connectivity index (χ0v) is 9.24. The molecule has 2 aliphatic heterocycles. The molecule has 2 heterocycles. The van der Waals surface area contributed by atoms with Crippen LogP contribution in [0.25, 0.3) is 0 Å². The number of carbonyl (C=O) groups excluding carboxylic acids is 1. The first-order chi connectivity index (χ1) is 7.26. The molecule has 0 N–H and O–H groups in total. The van der Waals surface area contributed by atoms with Gasteiger partial charge in [0.2, 0.25) is 0 Å². The number of rotatable bonds is 2. The van der Waals surface area contributed by atoms with Crippen molar-refractivity contribution in [3.8, 4) is 0 Å². The number of hydrogen-bond acceptors (Lipinski definition) is 2. The largest absolute Gasteiger partial charge is 0.334 e. The number of nitrogens with zero attached hydrogens (tertiary/aromatic N) is 1. The third-order valence-corrected chi connectivity index (χ3v) is 2.85. The van der Waals surface area contributed by atoms with E-state index in [4.69, 9.17) is 11.6 Å². The van der Waals surface area contributed by atoms with Crippen molar-refractivity contribution >= 4 is 17.9 Å². The molecule has 78 valence electrons. The highest BCUT2D eigenvalue weighted by atomic mass is 35.5. The maximum absolute atomic E-state index is 10.9. The van der Waals surface area contributed by atoms with E-state index in [1.54, 1.807) is 6.08 Å². The first-order valence-corrected chi connectivity index (χ1v) is 5.34. The maximum atomic E-state index is 10.9. The van der Waals surface area contributed by atoms with Crippen LogP contribution < -0.4 is 0 Å². The summed E-state index contributed by atoms with van der Waals surface area (Å²) in [5, 5.41) is 0.701. The van der Waals surface area contributed by atoms with Crippen molar-refractivity contribution in [3.05, 3.63) is 46.8 Å². The van der Waals surface area contributed by atoms with E-state index < -0.39 is 0 Å². The first-order valence-electron chi connectivity index (χ1n) is 4.96. The van der Waals surface area contributed by atoms with E-state index in [2.05, 4.69) is 6.92 Å². The van der Waals surface area contributed by atoms with Crippen molar-refractivity contribution < 1.29 is 4.79 Å². The highest BCUT2D eigenvalue weighted by Gasteiger charge is 2.22. The Morgan fingerprint density at radius 3 is 3.00 bits per heavy atom. The SMILES string of the molecule is CCC1=C2C=C(Cl)C=CN2C(C=O)C=C1. The molecule has 0 aromatic carbocycles. The Balaban J connectivity index is 2.45. The molecule has 0 aromatic heterocycles. The molecule has 0 aliphatic carbocycles. The predicted octanol–water partition coefficient (Wildman–Crippen LogP) is 2.74. The molecule has 1 unspecified atom stereocenters. The van der Waals surface area contributed by atoms with Gasteiger partial charge in [0.25, 0.3) is 0 Å². The number of hydrogen-bond donors (Lipinski definition) is 0. The lowest BCUT2D eigenvalue weighted by Crippen LogP contribution is -2.33. The number of halogens is 1. The summed E-state index contributed by atoms with van der Waals surface area (Å²) in [6.07, 6.45) is 11.3. The van der Waals surface area contributed by atoms with Gasteiger partial charge >= 0.3 is 0 Å². The van der Waals surface area contributed by atoms with E-state index in [0.29, 0.717) is 5.03 Å². The molecule has 0 radical (unpaired) electrons. The van der Waals surface area contributed by atoms with Gasteiger partial charge < -0.3 is 9.69 Å². The minimum absolute atomic E-state index is 0.201. The number of aldehydes is 1. The highest BCUT2D eigenvalue weighted by Crippen LogP contribution is 2.29. The van der Waals surface area contributed by atoms with Crippen LogP contribution >= 0.6 is 11.6 Å². The standard InChI is InChI=1S/C12H12ClNO/c1-2-9-3-4-11(8-15)14-6-5-10(13)7-12(9)14/h3-8,11H,2H2,1H3. The Kier molecular flexibility index (Phi) is 2.78. The third kappa shape index (κ3) is 1.77. The molecule has 0 saturated heterocycles. The summed E-state index contributed by atoms with van der Waals surface area (Å²) in [5.74, 6) is 0. The minimum Gasteiger partial charge on any atom is -0.334 e. The Morgan fingerprint density at radius 1 is 1.53 bits per heavy atom. The molecule has 1 atom stereocenters. The van der Waals surface area contributed by atoms with E-state index in [-0.39, 0.29) is 6.04 Å². The summed E-state index contributed by atoms with van der Waals surface area (Å²) in [5.41, 5.74) is 2.24. The summed E-state index contributed by atoms with van der Waals surface area (Å²) in [7, 11) is 0. The van der Waals surface area contributed by atoms with Gasteiger partial charge in [-0.1, -0.05) is 30.7 Å². The van der Waals surface area contributed by atoms with Gasteiger partial charge in [-0.05, 0) is 24.1 Å². The fraction of sp³-hybridized carbons (Fsp3) is 0.250. The van der Waals surface area contributed by atoms with Crippen LogP contribution in [0.1, 0.15) is 13.3 Å². The minimum atomic E-state index is -0.201. The van der Waals surface area contributed by atoms with Gasteiger partial charge in [-0.15, -0.1) is 0 Å². The molecule has 0 bridgehead atoms. The lowest BCUT2D eigenvalue weighted by Gasteiger charge is -2.32. The van der Waals surface area contributed by atoms with Gasteiger partial charge in [0.15, 0.2) is 0 Å². The molecule has 0 spiro atoms. The maximum Gasteiger partial charge on any atom is 0.146 e. The van der Waals surface area contributed by atoms with Crippen LogP contribution in [-0.2, 0) is 4.79 Å². The Morgan fingerprint density at radius 2 is 2.33 bits per heavy atom. The highest BCUT2D eigenvalue weighted by molar-refractivity contribution is 6.31. The number of fused-ring (bicyclic) bond motifs is 1. The monoisotopic (exact) mass is 221 g/mol. The van der Waals surface area contributed by atoms with Crippen molar-refractivity contribution in [1.29, 1.82) is 0 Å². The Hall–Kier alpha value is -1.28. The normalized spacial score (nSPS) is 24.0. The molecule has 15 heavy (non-hydrogen) atoms. The van der Waals surface area contributed by atoms with Crippen LogP contribution in [0, 0.1) is 0 Å². The van der Waals surface area contributed by atoms with E-state index in [1.807, 2.05) is 29.3 Å². The van der Waals surface area contributed by atoms with Crippen molar-refractivity contribution in [2.75, 3.05) is 0 Å². The zero-order chi connectivity index (χ0) is 10.8. The van der Waals surface area contributed by atoms with Crippen LogP contribution in [0.4, 0.5) is 0 Å². The van der Waals surface area contributed by atoms with Crippen molar-refractivity contribution in [2.24, 2.45) is 0 Å². The van der Waals surface area contributed by atoms with Crippen LogP contribution in [0.15, 0.2) is 46.8 Å². The summed E-state index contributed by atoms with van der Waals surface area (Å²) >= 11 is 5.95. The van der Waals surface area contributed by atoms with Crippen LogP contribution in [0.3, 0.4) is 0 Å². The topological polar surface area (TPSA) is 20.3 Å². The van der Waals surface area contributed by atoms with E-state index >= 15 is 0 Å². The van der Waals surface area contributed by atoms with Gasteiger partial charge in [0.05, 0.1) is 0 Å². The van der Waals surface area contributed by atoms with Crippen LogP contribution in [-0.4, -0.2) is 17.2 Å². The average molecular weight is 222 g/mol. The molecule has 0 fully saturated rings. The van der Waals surface area contributed by atoms with Gasteiger partial charge in [0.1, 0.15) is 12.3 Å². The summed E-state index contributed by atoms with van der Waals surface area (Å²) in [4.78, 5) is 12.8. The molecular weight excluding hydrogens is 210 g/mol. The number of allylic oxidation sites excluding steroid dienone is 5. The van der Waals surface area contributed by atoms with Crippen LogP contribution in [0.5, 0.6) is 0 Å². The second-order valence-corrected chi connectivity index (χ2v) is 3.94. The van der Waals surface area contributed by atoms with Gasteiger partial charge in [-0.25, -0.2) is 0 Å². The van der Waals surface area contributed by atoms with Crippen molar-refractivity contribution in [2.45, 2.75) is 19.4 Å². The summed E-state index contributed by atoms with van der Waals surface area (Å²) < 4.78 is 0. The molecule has 0 amide bonds. The smallest absolute Gasteiger partial charge is 0.146 e. The fourth-order valence-corrected chi connectivity index (χ4v) is 1.97. The summed E-state index contributed by atoms with van der Waals surface area (Å²) in [6, 6.07) is -0.201. The zero-order valence-electron chi connectivity index (χ0n) is 8.48. The fourth-order valence-electron chi connectivity index (χ4n) is 1.81. The Labute approximate surface area is 94.2 Å². The van der Waals surface area contributed by atoms with E-state index in [1.165, 1.54) is 5.57 Å². The lowest BCUT2D eigenvalue weighted by molar-refractivity contribution is -0.110. The Bertz CT molecular complexity index is 404. The average Bonchev–Trinajstić information content (AvgIpc) is 2.27. The second-order valence-electron chi connectivity index (χ2n) is 3.50. The second kappa shape index (κ2) is 4.07. The molecular formula is C12H12ClNO.